The number of rotatable bonds is 2. The molecule has 4 nitrogen and oxygen atoms in total. The molecule has 0 aliphatic heterocycles. The Balaban J connectivity index is 2.10. The Hall–Kier alpha value is -3.37. The van der Waals surface area contributed by atoms with Crippen molar-refractivity contribution >= 4 is 10.9 Å². The van der Waals surface area contributed by atoms with Gasteiger partial charge in [0, 0.05) is 11.5 Å². The number of nitrogens with zero attached hydrogens (tertiary/aromatic N) is 3. The molecule has 98 valence electrons. The summed E-state index contributed by atoms with van der Waals surface area (Å²) in [6.07, 6.45) is 0. The van der Waals surface area contributed by atoms with Crippen molar-refractivity contribution in [3.63, 3.8) is 0 Å². The van der Waals surface area contributed by atoms with Crippen molar-refractivity contribution in [1.82, 2.24) is 4.98 Å². The second kappa shape index (κ2) is 5.32. The molecule has 2 aromatic carbocycles. The molecule has 3 aromatic rings. The van der Waals surface area contributed by atoms with Gasteiger partial charge >= 0.3 is 0 Å². The molecule has 1 heterocycles. The number of aromatic nitrogens is 1. The predicted octanol–water partition coefficient (Wildman–Crippen LogP) is 3.77. The molecule has 0 N–H and O–H groups in total. The molecule has 0 unspecified atom stereocenters. The Morgan fingerprint density at radius 1 is 0.857 bits per heavy atom. The van der Waals surface area contributed by atoms with Gasteiger partial charge in [0.2, 0.25) is 5.88 Å². The quantitative estimate of drug-likeness (QED) is 0.711. The van der Waals surface area contributed by atoms with Crippen LogP contribution in [0.15, 0.2) is 54.6 Å². The lowest BCUT2D eigenvalue weighted by atomic mass is 10.1. The van der Waals surface area contributed by atoms with Crippen LogP contribution in [-0.4, -0.2) is 4.98 Å². The molecule has 0 amide bonds. The highest BCUT2D eigenvalue weighted by atomic mass is 16.5. The van der Waals surface area contributed by atoms with Gasteiger partial charge in [-0.1, -0.05) is 30.3 Å². The molecule has 3 rings (SSSR count). The molecule has 0 bridgehead atoms. The van der Waals surface area contributed by atoms with E-state index in [1.54, 1.807) is 30.3 Å². The second-order valence-corrected chi connectivity index (χ2v) is 4.35. The van der Waals surface area contributed by atoms with E-state index in [9.17, 15) is 5.26 Å². The lowest BCUT2D eigenvalue weighted by Crippen LogP contribution is -1.93. The topological polar surface area (TPSA) is 69.7 Å². The molecule has 4 heteroatoms. The highest BCUT2D eigenvalue weighted by Crippen LogP contribution is 2.27. The summed E-state index contributed by atoms with van der Waals surface area (Å²) >= 11 is 0. The molecule has 0 aliphatic carbocycles. The van der Waals surface area contributed by atoms with E-state index in [1.165, 1.54) is 0 Å². The van der Waals surface area contributed by atoms with Gasteiger partial charge < -0.3 is 4.74 Å². The monoisotopic (exact) mass is 271 g/mol. The Morgan fingerprint density at radius 3 is 2.38 bits per heavy atom. The van der Waals surface area contributed by atoms with Crippen LogP contribution in [0, 0.1) is 22.7 Å². The zero-order chi connectivity index (χ0) is 14.7. The SMILES string of the molecule is N#Cc1ccccc1Oc1cc(C#N)c2ccccc2n1. The van der Waals surface area contributed by atoms with Crippen molar-refractivity contribution in [3.8, 4) is 23.8 Å². The smallest absolute Gasteiger partial charge is 0.221 e. The molecule has 0 aliphatic rings. The lowest BCUT2D eigenvalue weighted by Gasteiger charge is -2.08. The third-order valence-electron chi connectivity index (χ3n) is 3.04. The van der Waals surface area contributed by atoms with E-state index >= 15 is 0 Å². The Labute approximate surface area is 121 Å². The Bertz CT molecular complexity index is 904. The van der Waals surface area contributed by atoms with Crippen LogP contribution in [0.5, 0.6) is 11.6 Å². The number of ether oxygens (including phenoxy) is 1. The molecule has 0 saturated heterocycles. The third-order valence-corrected chi connectivity index (χ3v) is 3.04. The van der Waals surface area contributed by atoms with Gasteiger partial charge in [0.1, 0.15) is 17.9 Å². The number of nitriles is 2. The summed E-state index contributed by atoms with van der Waals surface area (Å²) in [4.78, 5) is 4.37. The number of pyridine rings is 1. The third kappa shape index (κ3) is 2.39. The van der Waals surface area contributed by atoms with Gasteiger partial charge in [-0.25, -0.2) is 4.98 Å². The minimum Gasteiger partial charge on any atom is -0.438 e. The van der Waals surface area contributed by atoms with E-state index in [0.717, 1.165) is 5.39 Å². The molecule has 0 saturated carbocycles. The number of benzene rings is 2. The van der Waals surface area contributed by atoms with E-state index < -0.39 is 0 Å². The minimum atomic E-state index is 0.299. The fourth-order valence-corrected chi connectivity index (χ4v) is 2.06. The van der Waals surface area contributed by atoms with Gasteiger partial charge in [0.15, 0.2) is 0 Å². The molecule has 0 spiro atoms. The van der Waals surface area contributed by atoms with Crippen molar-refractivity contribution in [3.05, 3.63) is 65.7 Å². The van der Waals surface area contributed by atoms with E-state index in [-0.39, 0.29) is 0 Å². The summed E-state index contributed by atoms with van der Waals surface area (Å²) < 4.78 is 5.67. The summed E-state index contributed by atoms with van der Waals surface area (Å²) in [6.45, 7) is 0. The lowest BCUT2D eigenvalue weighted by molar-refractivity contribution is 0.463. The largest absolute Gasteiger partial charge is 0.438 e. The van der Waals surface area contributed by atoms with Gasteiger partial charge in [-0.05, 0) is 18.2 Å². The molecule has 21 heavy (non-hydrogen) atoms. The van der Waals surface area contributed by atoms with Crippen molar-refractivity contribution in [2.24, 2.45) is 0 Å². The molecular formula is C17H9N3O. The van der Waals surface area contributed by atoms with Crippen molar-refractivity contribution in [1.29, 1.82) is 10.5 Å². The highest BCUT2D eigenvalue weighted by Gasteiger charge is 2.09. The van der Waals surface area contributed by atoms with Gasteiger partial charge in [0.25, 0.3) is 0 Å². The standard InChI is InChI=1S/C17H9N3O/c18-10-12-5-1-4-8-16(12)21-17-9-13(11-19)14-6-2-3-7-15(14)20-17/h1-9H. The van der Waals surface area contributed by atoms with Crippen LogP contribution in [0.3, 0.4) is 0 Å². The first-order valence-electron chi connectivity index (χ1n) is 6.28. The summed E-state index contributed by atoms with van der Waals surface area (Å²) in [7, 11) is 0. The predicted molar refractivity (Wildman–Crippen MR) is 77.7 cm³/mol. The number of fused-ring (bicyclic) bond motifs is 1. The average Bonchev–Trinajstić information content (AvgIpc) is 2.54. The number of hydrogen-bond donors (Lipinski definition) is 0. The molecule has 0 atom stereocenters. The average molecular weight is 271 g/mol. The zero-order valence-electron chi connectivity index (χ0n) is 10.9. The van der Waals surface area contributed by atoms with Crippen LogP contribution >= 0.6 is 0 Å². The van der Waals surface area contributed by atoms with Gasteiger partial charge in [0.05, 0.1) is 16.6 Å². The highest BCUT2D eigenvalue weighted by molar-refractivity contribution is 5.85. The summed E-state index contributed by atoms with van der Waals surface area (Å²) in [6, 6.07) is 20.1. The van der Waals surface area contributed by atoms with Crippen molar-refractivity contribution in [2.75, 3.05) is 0 Å². The van der Waals surface area contributed by atoms with Crippen molar-refractivity contribution in [2.45, 2.75) is 0 Å². The maximum Gasteiger partial charge on any atom is 0.221 e. The normalized spacial score (nSPS) is 9.81. The van der Waals surface area contributed by atoms with Crippen molar-refractivity contribution < 1.29 is 4.74 Å². The molecular weight excluding hydrogens is 262 g/mol. The zero-order valence-corrected chi connectivity index (χ0v) is 10.9. The number of hydrogen-bond acceptors (Lipinski definition) is 4. The van der Waals surface area contributed by atoms with Crippen LogP contribution in [0.4, 0.5) is 0 Å². The maximum absolute atomic E-state index is 9.24. The maximum atomic E-state index is 9.24. The van der Waals surface area contributed by atoms with Crippen LogP contribution in [0.1, 0.15) is 11.1 Å². The summed E-state index contributed by atoms with van der Waals surface area (Å²) in [5, 5.41) is 19.1. The van der Waals surface area contributed by atoms with E-state index in [2.05, 4.69) is 17.1 Å². The molecule has 0 fully saturated rings. The first kappa shape index (κ1) is 12.7. The van der Waals surface area contributed by atoms with Crippen LogP contribution < -0.4 is 4.74 Å². The van der Waals surface area contributed by atoms with Crippen LogP contribution in [-0.2, 0) is 0 Å². The first-order chi connectivity index (χ1) is 10.3. The van der Waals surface area contributed by atoms with E-state index in [0.29, 0.717) is 28.3 Å². The first-order valence-corrected chi connectivity index (χ1v) is 6.28. The summed E-state index contributed by atoms with van der Waals surface area (Å²) in [5.74, 6) is 0.722. The fourth-order valence-electron chi connectivity index (χ4n) is 2.06. The van der Waals surface area contributed by atoms with Gasteiger partial charge in [-0.15, -0.1) is 0 Å². The van der Waals surface area contributed by atoms with Crippen LogP contribution in [0.2, 0.25) is 0 Å². The molecule has 1 aromatic heterocycles. The summed E-state index contributed by atoms with van der Waals surface area (Å²) in [5.41, 5.74) is 1.59. The minimum absolute atomic E-state index is 0.299. The fraction of sp³-hybridized carbons (Fsp3) is 0. The Kier molecular flexibility index (Phi) is 3.21. The van der Waals surface area contributed by atoms with E-state index in [1.807, 2.05) is 24.3 Å². The van der Waals surface area contributed by atoms with Gasteiger partial charge in [-0.2, -0.15) is 10.5 Å². The number of para-hydroxylation sites is 2. The molecule has 0 radical (unpaired) electrons. The van der Waals surface area contributed by atoms with Gasteiger partial charge in [-0.3, -0.25) is 0 Å². The van der Waals surface area contributed by atoms with E-state index in [4.69, 9.17) is 10.00 Å². The second-order valence-electron chi connectivity index (χ2n) is 4.35. The Morgan fingerprint density at radius 2 is 1.57 bits per heavy atom. The van der Waals surface area contributed by atoms with Crippen LogP contribution in [0.25, 0.3) is 10.9 Å².